The standard InChI is InChI=1S/C23H37N5O3/c1-27(2)12-11-21(29)26-19-15-20(23(30)31-3)22(24-16-19)28-13-9-18(10-14-28)25-17-7-5-4-6-8-17/h15-18,25H,4-14H2,1-3H3,(H,26,29). The zero-order valence-corrected chi connectivity index (χ0v) is 19.2. The molecule has 8 heteroatoms. The van der Waals surface area contributed by atoms with Gasteiger partial charge in [0.2, 0.25) is 5.91 Å². The van der Waals surface area contributed by atoms with Gasteiger partial charge in [0, 0.05) is 38.1 Å². The first-order valence-corrected chi connectivity index (χ1v) is 11.5. The zero-order chi connectivity index (χ0) is 22.2. The minimum Gasteiger partial charge on any atom is -0.465 e. The highest BCUT2D eigenvalue weighted by atomic mass is 16.5. The Morgan fingerprint density at radius 1 is 1.13 bits per heavy atom. The van der Waals surface area contributed by atoms with Gasteiger partial charge in [0.15, 0.2) is 0 Å². The number of esters is 1. The largest absolute Gasteiger partial charge is 0.465 e. The van der Waals surface area contributed by atoms with Gasteiger partial charge in [0.25, 0.3) is 0 Å². The molecule has 1 aromatic heterocycles. The van der Waals surface area contributed by atoms with Gasteiger partial charge in [-0.05, 0) is 45.8 Å². The molecule has 2 aliphatic rings. The second kappa shape index (κ2) is 11.4. The van der Waals surface area contributed by atoms with Crippen molar-refractivity contribution in [2.24, 2.45) is 0 Å². The Morgan fingerprint density at radius 3 is 2.45 bits per heavy atom. The first kappa shape index (κ1) is 23.5. The van der Waals surface area contributed by atoms with E-state index < -0.39 is 5.97 Å². The number of carbonyl (C=O) groups is 2. The van der Waals surface area contributed by atoms with Crippen molar-refractivity contribution in [3.8, 4) is 0 Å². The molecule has 1 aliphatic carbocycles. The van der Waals surface area contributed by atoms with E-state index in [9.17, 15) is 9.59 Å². The molecule has 2 fully saturated rings. The molecule has 1 saturated heterocycles. The summed E-state index contributed by atoms with van der Waals surface area (Å²) in [6.45, 7) is 2.34. The number of nitrogens with one attached hydrogen (secondary N) is 2. The number of piperidine rings is 1. The van der Waals surface area contributed by atoms with Crippen molar-refractivity contribution in [2.75, 3.05) is 51.1 Å². The van der Waals surface area contributed by atoms with Crippen molar-refractivity contribution in [2.45, 2.75) is 63.5 Å². The summed E-state index contributed by atoms with van der Waals surface area (Å²) in [5, 5.41) is 6.67. The van der Waals surface area contributed by atoms with E-state index in [1.165, 1.54) is 39.2 Å². The van der Waals surface area contributed by atoms with Crippen LogP contribution in [0.3, 0.4) is 0 Å². The van der Waals surface area contributed by atoms with Gasteiger partial charge in [0.05, 0.1) is 19.0 Å². The van der Waals surface area contributed by atoms with Crippen LogP contribution >= 0.6 is 0 Å². The molecular formula is C23H37N5O3. The van der Waals surface area contributed by atoms with Gasteiger partial charge in [-0.25, -0.2) is 9.78 Å². The Labute approximate surface area is 185 Å². The van der Waals surface area contributed by atoms with E-state index in [1.54, 1.807) is 12.3 Å². The molecule has 0 spiro atoms. The predicted octanol–water partition coefficient (Wildman–Crippen LogP) is 2.65. The molecule has 0 unspecified atom stereocenters. The minimum atomic E-state index is -0.436. The Bertz CT molecular complexity index is 741. The van der Waals surface area contributed by atoms with Crippen molar-refractivity contribution in [3.05, 3.63) is 17.8 Å². The van der Waals surface area contributed by atoms with Crippen LogP contribution in [0.25, 0.3) is 0 Å². The SMILES string of the molecule is COC(=O)c1cc(NC(=O)CCN(C)C)cnc1N1CCC(NC2CCCCC2)CC1. The molecule has 1 aliphatic heterocycles. The van der Waals surface area contributed by atoms with E-state index in [0.717, 1.165) is 25.9 Å². The molecule has 2 heterocycles. The Morgan fingerprint density at radius 2 is 1.81 bits per heavy atom. The van der Waals surface area contributed by atoms with E-state index in [4.69, 9.17) is 4.74 Å². The third-order valence-electron chi connectivity index (χ3n) is 6.21. The highest BCUT2D eigenvalue weighted by Crippen LogP contribution is 2.26. The van der Waals surface area contributed by atoms with Crippen LogP contribution in [-0.2, 0) is 9.53 Å². The molecule has 172 valence electrons. The highest BCUT2D eigenvalue weighted by Gasteiger charge is 2.26. The number of nitrogens with zero attached hydrogens (tertiary/aromatic N) is 3. The molecule has 8 nitrogen and oxygen atoms in total. The van der Waals surface area contributed by atoms with Crippen molar-refractivity contribution in [1.82, 2.24) is 15.2 Å². The second-order valence-electron chi connectivity index (χ2n) is 8.95. The summed E-state index contributed by atoms with van der Waals surface area (Å²) in [5.41, 5.74) is 0.911. The number of rotatable bonds is 8. The number of ether oxygens (including phenoxy) is 1. The number of aromatic nitrogens is 1. The lowest BCUT2D eigenvalue weighted by molar-refractivity contribution is -0.116. The number of anilines is 2. The Kier molecular flexibility index (Phi) is 8.66. The summed E-state index contributed by atoms with van der Waals surface area (Å²) >= 11 is 0. The molecule has 0 radical (unpaired) electrons. The van der Waals surface area contributed by atoms with Gasteiger partial charge in [0.1, 0.15) is 11.4 Å². The van der Waals surface area contributed by atoms with Crippen molar-refractivity contribution >= 4 is 23.4 Å². The molecule has 2 N–H and O–H groups in total. The van der Waals surface area contributed by atoms with Gasteiger partial charge in [-0.2, -0.15) is 0 Å². The minimum absolute atomic E-state index is 0.103. The molecular weight excluding hydrogens is 394 g/mol. The Hall–Kier alpha value is -2.19. The van der Waals surface area contributed by atoms with Crippen LogP contribution in [0.5, 0.6) is 0 Å². The van der Waals surface area contributed by atoms with Crippen LogP contribution in [0.4, 0.5) is 11.5 Å². The summed E-state index contributed by atoms with van der Waals surface area (Å²) in [5.74, 6) is 0.0947. The number of amides is 1. The first-order chi connectivity index (χ1) is 15.0. The maximum absolute atomic E-state index is 12.4. The lowest BCUT2D eigenvalue weighted by Gasteiger charge is -2.36. The number of pyridine rings is 1. The summed E-state index contributed by atoms with van der Waals surface area (Å²) < 4.78 is 4.99. The molecule has 1 aromatic rings. The fourth-order valence-corrected chi connectivity index (χ4v) is 4.45. The van der Waals surface area contributed by atoms with E-state index in [2.05, 4.69) is 20.5 Å². The van der Waals surface area contributed by atoms with Crippen molar-refractivity contribution in [1.29, 1.82) is 0 Å². The molecule has 1 amide bonds. The average Bonchev–Trinajstić information content (AvgIpc) is 2.78. The fraction of sp³-hybridized carbons (Fsp3) is 0.696. The van der Waals surface area contributed by atoms with Gasteiger partial charge < -0.3 is 25.2 Å². The van der Waals surface area contributed by atoms with Gasteiger partial charge in [-0.1, -0.05) is 19.3 Å². The lowest BCUT2D eigenvalue weighted by Crippen LogP contribution is -2.47. The number of methoxy groups -OCH3 is 1. The zero-order valence-electron chi connectivity index (χ0n) is 19.2. The lowest BCUT2D eigenvalue weighted by atomic mass is 9.93. The topological polar surface area (TPSA) is 86.8 Å². The van der Waals surface area contributed by atoms with E-state index in [1.807, 2.05) is 19.0 Å². The summed E-state index contributed by atoms with van der Waals surface area (Å²) in [6, 6.07) is 2.86. The van der Waals surface area contributed by atoms with Crippen molar-refractivity contribution < 1.29 is 14.3 Å². The van der Waals surface area contributed by atoms with Crippen LogP contribution in [0.1, 0.15) is 61.7 Å². The maximum atomic E-state index is 12.4. The van der Waals surface area contributed by atoms with Crippen LogP contribution < -0.4 is 15.5 Å². The third kappa shape index (κ3) is 6.90. The third-order valence-corrected chi connectivity index (χ3v) is 6.21. The van der Waals surface area contributed by atoms with Crippen LogP contribution in [0.15, 0.2) is 12.3 Å². The van der Waals surface area contributed by atoms with Gasteiger partial charge >= 0.3 is 5.97 Å². The van der Waals surface area contributed by atoms with Crippen LogP contribution in [-0.4, -0.2) is 74.7 Å². The molecule has 0 bridgehead atoms. The average molecular weight is 432 g/mol. The molecule has 1 saturated carbocycles. The summed E-state index contributed by atoms with van der Waals surface area (Å²) in [6.07, 6.45) is 10.7. The van der Waals surface area contributed by atoms with Crippen LogP contribution in [0, 0.1) is 0 Å². The van der Waals surface area contributed by atoms with Crippen molar-refractivity contribution in [3.63, 3.8) is 0 Å². The molecule has 31 heavy (non-hydrogen) atoms. The van der Waals surface area contributed by atoms with Crippen LogP contribution in [0.2, 0.25) is 0 Å². The maximum Gasteiger partial charge on any atom is 0.341 e. The summed E-state index contributed by atoms with van der Waals surface area (Å²) in [4.78, 5) is 33.2. The normalized spacial score (nSPS) is 18.3. The number of carbonyl (C=O) groups excluding carboxylic acids is 2. The fourth-order valence-electron chi connectivity index (χ4n) is 4.45. The number of hydrogen-bond acceptors (Lipinski definition) is 7. The smallest absolute Gasteiger partial charge is 0.341 e. The molecule has 0 aromatic carbocycles. The number of hydrogen-bond donors (Lipinski definition) is 2. The molecule has 0 atom stereocenters. The van der Waals surface area contributed by atoms with E-state index >= 15 is 0 Å². The predicted molar refractivity (Wildman–Crippen MR) is 123 cm³/mol. The monoisotopic (exact) mass is 431 g/mol. The van der Waals surface area contributed by atoms with E-state index in [-0.39, 0.29) is 5.91 Å². The summed E-state index contributed by atoms with van der Waals surface area (Å²) in [7, 11) is 5.22. The van der Waals surface area contributed by atoms with Gasteiger partial charge in [-0.3, -0.25) is 4.79 Å². The second-order valence-corrected chi connectivity index (χ2v) is 8.95. The van der Waals surface area contributed by atoms with Gasteiger partial charge in [-0.15, -0.1) is 0 Å². The highest BCUT2D eigenvalue weighted by molar-refractivity contribution is 5.98. The first-order valence-electron chi connectivity index (χ1n) is 11.5. The Balaban J connectivity index is 1.62. The quantitative estimate of drug-likeness (QED) is 0.612. The molecule has 3 rings (SSSR count). The van der Waals surface area contributed by atoms with E-state index in [0.29, 0.717) is 42.1 Å².